The molecule has 3 fully saturated rings. The number of carbonyl (C=O) groups excluding carboxylic acids is 2. The maximum atomic E-state index is 12.4. The van der Waals surface area contributed by atoms with Crippen molar-refractivity contribution < 1.29 is 31.7 Å². The van der Waals surface area contributed by atoms with E-state index in [1.165, 1.54) is 16.0 Å². The number of fused-ring (bicyclic) bond motifs is 2. The second kappa shape index (κ2) is 7.79. The van der Waals surface area contributed by atoms with E-state index in [9.17, 15) is 18.0 Å². The summed E-state index contributed by atoms with van der Waals surface area (Å²) >= 11 is 0. The molecule has 4 heterocycles. The average Bonchev–Trinajstić information content (AvgIpc) is 3.39. The van der Waals surface area contributed by atoms with Gasteiger partial charge in [0.15, 0.2) is 6.33 Å². The van der Waals surface area contributed by atoms with Crippen LogP contribution < -0.4 is 10.8 Å². The van der Waals surface area contributed by atoms with Crippen molar-refractivity contribution in [2.45, 2.75) is 43.4 Å². The first-order valence-electron chi connectivity index (χ1n) is 8.96. The third kappa shape index (κ3) is 4.30. The summed E-state index contributed by atoms with van der Waals surface area (Å²) < 4.78 is 34.9. The van der Waals surface area contributed by atoms with Gasteiger partial charge in [0, 0.05) is 19.1 Å². The third-order valence-electron chi connectivity index (χ3n) is 5.15. The molecule has 0 unspecified atom stereocenters. The Hall–Kier alpha value is -2.40. The third-order valence-corrected chi connectivity index (χ3v) is 5.50. The van der Waals surface area contributed by atoms with Crippen LogP contribution in [0, 0.1) is 0 Å². The summed E-state index contributed by atoms with van der Waals surface area (Å²) in [5.74, 6) is -0.516. The molecule has 0 aliphatic carbocycles. The van der Waals surface area contributed by atoms with Crippen LogP contribution in [0.25, 0.3) is 0 Å². The van der Waals surface area contributed by atoms with Gasteiger partial charge in [-0.1, -0.05) is 0 Å². The van der Waals surface area contributed by atoms with Gasteiger partial charge in [0.2, 0.25) is 0 Å². The van der Waals surface area contributed by atoms with Crippen molar-refractivity contribution in [3.8, 4) is 0 Å². The van der Waals surface area contributed by atoms with Crippen LogP contribution in [0.4, 0.5) is 4.79 Å². The summed E-state index contributed by atoms with van der Waals surface area (Å²) in [6.07, 6.45) is 2.70. The molecule has 1 aromatic rings. The number of urea groups is 1. The van der Waals surface area contributed by atoms with Crippen LogP contribution in [0.2, 0.25) is 0 Å². The van der Waals surface area contributed by atoms with Gasteiger partial charge in [-0.25, -0.2) is 10.3 Å². The Kier molecular flexibility index (Phi) is 5.34. The molecule has 3 aliphatic heterocycles. The van der Waals surface area contributed by atoms with Crippen LogP contribution in [-0.2, 0) is 24.3 Å². The summed E-state index contributed by atoms with van der Waals surface area (Å²) in [7, 11) is -4.83. The van der Waals surface area contributed by atoms with Gasteiger partial charge in [0.1, 0.15) is 6.04 Å². The zero-order valence-corrected chi connectivity index (χ0v) is 15.9. The second-order valence-electron chi connectivity index (χ2n) is 7.04. The number of hydrogen-bond acceptors (Lipinski definition) is 10. The highest BCUT2D eigenvalue weighted by Gasteiger charge is 2.49. The topological polar surface area (TPSA) is 181 Å². The van der Waals surface area contributed by atoms with E-state index in [2.05, 4.69) is 30.5 Å². The Morgan fingerprint density at radius 1 is 1.38 bits per heavy atom. The summed E-state index contributed by atoms with van der Waals surface area (Å²) in [5.41, 5.74) is 2.35. The van der Waals surface area contributed by atoms with E-state index in [0.29, 0.717) is 30.9 Å². The summed E-state index contributed by atoms with van der Waals surface area (Å²) in [6, 6.07) is -2.15. The molecule has 0 saturated carbocycles. The molecule has 1 aromatic heterocycles. The van der Waals surface area contributed by atoms with Gasteiger partial charge in [0.25, 0.3) is 5.91 Å². The average molecular weight is 432 g/mol. The van der Waals surface area contributed by atoms with Crippen molar-refractivity contribution in [2.75, 3.05) is 19.7 Å². The zero-order chi connectivity index (χ0) is 20.6. The van der Waals surface area contributed by atoms with Gasteiger partial charge in [-0.05, 0) is 24.5 Å². The molecule has 0 radical (unpaired) electrons. The van der Waals surface area contributed by atoms with Crippen LogP contribution in [0.3, 0.4) is 0 Å². The fourth-order valence-corrected chi connectivity index (χ4v) is 4.22. The molecule has 29 heavy (non-hydrogen) atoms. The smallest absolute Gasteiger partial charge is 0.309 e. The van der Waals surface area contributed by atoms with Crippen molar-refractivity contribution in [2.24, 2.45) is 0 Å². The first kappa shape index (κ1) is 19.9. The summed E-state index contributed by atoms with van der Waals surface area (Å²) in [5, 5.41) is 15.4. The molecule has 4 rings (SSSR count). The first-order valence-corrected chi connectivity index (χ1v) is 10.3. The lowest BCUT2D eigenvalue weighted by Gasteiger charge is -2.29. The second-order valence-corrected chi connectivity index (χ2v) is 8.04. The van der Waals surface area contributed by atoms with Crippen molar-refractivity contribution in [1.29, 1.82) is 0 Å². The highest BCUT2D eigenvalue weighted by Crippen LogP contribution is 2.30. The number of amides is 3. The van der Waals surface area contributed by atoms with E-state index >= 15 is 0 Å². The molecule has 3 amide bonds. The van der Waals surface area contributed by atoms with E-state index in [1.54, 1.807) is 0 Å². The van der Waals surface area contributed by atoms with E-state index in [0.717, 1.165) is 0 Å². The number of carbonyl (C=O) groups is 2. The molecule has 2 bridgehead atoms. The summed E-state index contributed by atoms with van der Waals surface area (Å²) in [4.78, 5) is 32.8. The van der Waals surface area contributed by atoms with Gasteiger partial charge < -0.3 is 10.2 Å². The minimum absolute atomic E-state index is 0.0193. The Morgan fingerprint density at radius 2 is 2.21 bits per heavy atom. The fourth-order valence-electron chi connectivity index (χ4n) is 3.83. The van der Waals surface area contributed by atoms with E-state index in [1.807, 2.05) is 0 Å². The predicted molar refractivity (Wildman–Crippen MR) is 90.7 cm³/mol. The number of aromatic nitrogens is 4. The first-order chi connectivity index (χ1) is 13.8. The molecule has 4 atom stereocenters. The Labute approximate surface area is 165 Å². The standard InChI is InChI=1S/C13H20N8O7S/c22-12(17-27-6-8-3-10(4-14-8)21-16-7-15-18-21)11-2-1-9-5-19(11)13(23)20(9)28-29(24,25)26/h7-11,14H,1-6H2,(H,17,22)(H,24,25,26)/t8-,9-,10+,11+/m1/s1. The molecule has 0 spiro atoms. The van der Waals surface area contributed by atoms with Crippen molar-refractivity contribution in [3.63, 3.8) is 0 Å². The summed E-state index contributed by atoms with van der Waals surface area (Å²) in [6.45, 7) is 0.968. The van der Waals surface area contributed by atoms with Crippen molar-refractivity contribution >= 4 is 22.3 Å². The quantitative estimate of drug-likeness (QED) is 0.309. The number of rotatable bonds is 7. The molecule has 15 nitrogen and oxygen atoms in total. The van der Waals surface area contributed by atoms with Crippen LogP contribution in [-0.4, -0.2) is 92.9 Å². The highest BCUT2D eigenvalue weighted by molar-refractivity contribution is 7.80. The number of hydrogen-bond donors (Lipinski definition) is 3. The van der Waals surface area contributed by atoms with Gasteiger partial charge >= 0.3 is 16.4 Å². The van der Waals surface area contributed by atoms with Crippen LogP contribution in [0.5, 0.6) is 0 Å². The molecule has 3 N–H and O–H groups in total. The Balaban J connectivity index is 1.25. The number of nitrogens with one attached hydrogen (secondary N) is 2. The van der Waals surface area contributed by atoms with Gasteiger partial charge in [-0.2, -0.15) is 18.3 Å². The lowest BCUT2D eigenvalue weighted by molar-refractivity contribution is -0.139. The van der Waals surface area contributed by atoms with Gasteiger partial charge in [-0.15, -0.1) is 14.5 Å². The fraction of sp³-hybridized carbons (Fsp3) is 0.769. The number of tetrazole rings is 1. The monoisotopic (exact) mass is 432 g/mol. The Bertz CT molecular complexity index is 865. The lowest BCUT2D eigenvalue weighted by atomic mass is 10.0. The zero-order valence-electron chi connectivity index (χ0n) is 15.1. The normalized spacial score (nSPS) is 29.5. The SMILES string of the molecule is O=C(NOC[C@H]1C[C@H](n2ncnn2)CN1)[C@@H]1CC[C@@H]2CN1C(=O)N2OS(=O)(=O)O. The number of piperidine rings is 1. The maximum absolute atomic E-state index is 12.4. The molecule has 3 saturated heterocycles. The van der Waals surface area contributed by atoms with E-state index in [4.69, 9.17) is 9.39 Å². The molecule has 3 aliphatic rings. The van der Waals surface area contributed by atoms with E-state index < -0.39 is 34.4 Å². The predicted octanol–water partition coefficient (Wildman–Crippen LogP) is -2.37. The highest BCUT2D eigenvalue weighted by atomic mass is 32.3. The van der Waals surface area contributed by atoms with Gasteiger partial charge in [0.05, 0.1) is 18.7 Å². The molecule has 0 aromatic carbocycles. The molecule has 16 heteroatoms. The molecular weight excluding hydrogens is 412 g/mol. The van der Waals surface area contributed by atoms with Crippen LogP contribution in [0.15, 0.2) is 6.33 Å². The Morgan fingerprint density at radius 3 is 2.93 bits per heavy atom. The number of nitrogens with zero attached hydrogens (tertiary/aromatic N) is 6. The van der Waals surface area contributed by atoms with Gasteiger partial charge in [-0.3, -0.25) is 14.2 Å². The maximum Gasteiger partial charge on any atom is 0.418 e. The van der Waals surface area contributed by atoms with Crippen LogP contribution >= 0.6 is 0 Å². The lowest BCUT2D eigenvalue weighted by Crippen LogP contribution is -2.50. The van der Waals surface area contributed by atoms with Crippen LogP contribution in [0.1, 0.15) is 25.3 Å². The minimum atomic E-state index is -4.83. The number of hydroxylamine groups is 3. The molecule has 160 valence electrons. The van der Waals surface area contributed by atoms with Crippen molar-refractivity contribution in [1.82, 2.24) is 41.0 Å². The van der Waals surface area contributed by atoms with E-state index in [-0.39, 0.29) is 25.2 Å². The van der Waals surface area contributed by atoms with Crippen molar-refractivity contribution in [3.05, 3.63) is 6.33 Å². The molecular formula is C13H20N8O7S. The minimum Gasteiger partial charge on any atom is -0.309 e. The largest absolute Gasteiger partial charge is 0.418 e.